The first-order valence-corrected chi connectivity index (χ1v) is 6.62. The number of unbranched alkanes of at least 4 members (excludes halogenated alkanes) is 1. The van der Waals surface area contributed by atoms with Gasteiger partial charge in [-0.1, -0.05) is 44.0 Å². The zero-order valence-electron chi connectivity index (χ0n) is 11.0. The first-order chi connectivity index (χ1) is 8.77. The van der Waals surface area contributed by atoms with Gasteiger partial charge in [0.25, 0.3) is 5.91 Å². The number of carbonyl (C=O) groups is 1. The van der Waals surface area contributed by atoms with Crippen molar-refractivity contribution >= 4 is 16.9 Å². The summed E-state index contributed by atoms with van der Waals surface area (Å²) in [6, 6.07) is 7.57. The standard InChI is InChI=1S/C14H19N3O/c1-3-5-8-11(4-2)14(18)17-13-10-7-6-9-12(13)15-16-17/h6-7,9-11H,3-5,8H2,1-2H3. The number of carbonyl (C=O) groups excluding carboxylic acids is 1. The molecule has 0 bridgehead atoms. The van der Waals surface area contributed by atoms with Crippen molar-refractivity contribution in [1.82, 2.24) is 15.0 Å². The molecule has 0 aliphatic rings. The monoisotopic (exact) mass is 245 g/mol. The third-order valence-corrected chi connectivity index (χ3v) is 3.31. The number of hydrogen-bond donors (Lipinski definition) is 0. The van der Waals surface area contributed by atoms with E-state index in [9.17, 15) is 4.79 Å². The van der Waals surface area contributed by atoms with Crippen LogP contribution in [0, 0.1) is 5.92 Å². The molecule has 4 nitrogen and oxygen atoms in total. The molecule has 0 fully saturated rings. The highest BCUT2D eigenvalue weighted by Gasteiger charge is 2.20. The number of fused-ring (bicyclic) bond motifs is 1. The summed E-state index contributed by atoms with van der Waals surface area (Å²) < 4.78 is 1.46. The minimum atomic E-state index is 0.0510. The van der Waals surface area contributed by atoms with Gasteiger partial charge in [-0.05, 0) is 25.0 Å². The van der Waals surface area contributed by atoms with E-state index in [0.29, 0.717) is 0 Å². The summed E-state index contributed by atoms with van der Waals surface area (Å²) in [6.45, 7) is 4.19. The first-order valence-electron chi connectivity index (χ1n) is 6.62. The summed E-state index contributed by atoms with van der Waals surface area (Å²) in [5.41, 5.74) is 1.58. The lowest BCUT2D eigenvalue weighted by Crippen LogP contribution is -2.22. The quantitative estimate of drug-likeness (QED) is 0.812. The Morgan fingerprint density at radius 3 is 2.83 bits per heavy atom. The molecule has 0 saturated heterocycles. The summed E-state index contributed by atoms with van der Waals surface area (Å²) in [6.07, 6.45) is 3.98. The third-order valence-electron chi connectivity index (χ3n) is 3.31. The molecule has 2 aromatic rings. The number of para-hydroxylation sites is 1. The topological polar surface area (TPSA) is 47.8 Å². The minimum absolute atomic E-state index is 0.0510. The van der Waals surface area contributed by atoms with Gasteiger partial charge < -0.3 is 0 Å². The van der Waals surface area contributed by atoms with Crippen LogP contribution in [0.15, 0.2) is 24.3 Å². The molecular formula is C14H19N3O. The average Bonchev–Trinajstić information content (AvgIpc) is 2.83. The zero-order valence-corrected chi connectivity index (χ0v) is 11.0. The number of aromatic nitrogens is 3. The van der Waals surface area contributed by atoms with Crippen LogP contribution < -0.4 is 0 Å². The smallest absolute Gasteiger partial charge is 0.251 e. The van der Waals surface area contributed by atoms with Crippen LogP contribution in [-0.2, 0) is 0 Å². The SMILES string of the molecule is CCCCC(CC)C(=O)n1nnc2ccccc21. The Morgan fingerprint density at radius 1 is 1.33 bits per heavy atom. The van der Waals surface area contributed by atoms with Crippen molar-refractivity contribution in [2.24, 2.45) is 5.92 Å². The van der Waals surface area contributed by atoms with Crippen molar-refractivity contribution in [3.63, 3.8) is 0 Å². The van der Waals surface area contributed by atoms with E-state index in [1.165, 1.54) is 4.68 Å². The summed E-state index contributed by atoms with van der Waals surface area (Å²) in [5.74, 6) is 0.120. The predicted octanol–water partition coefficient (Wildman–Crippen LogP) is 3.29. The molecule has 4 heteroatoms. The van der Waals surface area contributed by atoms with E-state index in [1.54, 1.807) is 0 Å². The first kappa shape index (κ1) is 12.7. The van der Waals surface area contributed by atoms with Gasteiger partial charge in [-0.3, -0.25) is 4.79 Å². The highest BCUT2D eigenvalue weighted by molar-refractivity contribution is 5.90. The summed E-state index contributed by atoms with van der Waals surface area (Å²) in [5, 5.41) is 8.02. The molecule has 0 N–H and O–H groups in total. The van der Waals surface area contributed by atoms with E-state index in [0.717, 1.165) is 36.7 Å². The Kier molecular flexibility index (Phi) is 4.07. The van der Waals surface area contributed by atoms with Crippen LogP contribution in [0.3, 0.4) is 0 Å². The lowest BCUT2D eigenvalue weighted by Gasteiger charge is -2.12. The number of rotatable bonds is 5. The molecule has 1 unspecified atom stereocenters. The van der Waals surface area contributed by atoms with E-state index in [-0.39, 0.29) is 11.8 Å². The van der Waals surface area contributed by atoms with Crippen molar-refractivity contribution in [2.45, 2.75) is 39.5 Å². The van der Waals surface area contributed by atoms with Gasteiger partial charge in [0.05, 0.1) is 5.52 Å². The second-order valence-corrected chi connectivity index (χ2v) is 4.58. The molecule has 1 heterocycles. The van der Waals surface area contributed by atoms with Crippen LogP contribution in [-0.4, -0.2) is 20.9 Å². The van der Waals surface area contributed by atoms with Crippen LogP contribution in [0.4, 0.5) is 0 Å². The molecule has 0 aliphatic heterocycles. The summed E-state index contributed by atoms with van der Waals surface area (Å²) in [4.78, 5) is 12.4. The van der Waals surface area contributed by atoms with Crippen LogP contribution in [0.2, 0.25) is 0 Å². The van der Waals surface area contributed by atoms with Gasteiger partial charge in [0.1, 0.15) is 5.52 Å². The Hall–Kier alpha value is -1.71. The van der Waals surface area contributed by atoms with Gasteiger partial charge in [-0.2, -0.15) is 4.68 Å². The van der Waals surface area contributed by atoms with Crippen LogP contribution in [0.25, 0.3) is 11.0 Å². The van der Waals surface area contributed by atoms with Gasteiger partial charge in [0.15, 0.2) is 0 Å². The van der Waals surface area contributed by atoms with E-state index in [1.807, 2.05) is 24.3 Å². The maximum Gasteiger partial charge on any atom is 0.251 e. The summed E-state index contributed by atoms with van der Waals surface area (Å²) in [7, 11) is 0. The van der Waals surface area contributed by atoms with E-state index >= 15 is 0 Å². The van der Waals surface area contributed by atoms with E-state index < -0.39 is 0 Å². The van der Waals surface area contributed by atoms with Gasteiger partial charge in [-0.15, -0.1) is 5.10 Å². The lowest BCUT2D eigenvalue weighted by atomic mass is 9.98. The molecule has 18 heavy (non-hydrogen) atoms. The fourth-order valence-electron chi connectivity index (χ4n) is 2.16. The van der Waals surface area contributed by atoms with Crippen molar-refractivity contribution in [3.05, 3.63) is 24.3 Å². The highest BCUT2D eigenvalue weighted by atomic mass is 16.2. The molecule has 0 saturated carbocycles. The van der Waals surface area contributed by atoms with Gasteiger partial charge in [0, 0.05) is 5.92 Å². The van der Waals surface area contributed by atoms with Crippen LogP contribution >= 0.6 is 0 Å². The number of hydrogen-bond acceptors (Lipinski definition) is 3. The third kappa shape index (κ3) is 2.42. The molecule has 0 amide bonds. The fourth-order valence-corrected chi connectivity index (χ4v) is 2.16. The van der Waals surface area contributed by atoms with Crippen molar-refractivity contribution < 1.29 is 4.79 Å². The molecule has 0 aliphatic carbocycles. The predicted molar refractivity (Wildman–Crippen MR) is 71.5 cm³/mol. The molecule has 1 aromatic heterocycles. The second-order valence-electron chi connectivity index (χ2n) is 4.58. The fraction of sp³-hybridized carbons (Fsp3) is 0.500. The number of nitrogens with zero attached hydrogens (tertiary/aromatic N) is 3. The molecule has 96 valence electrons. The maximum atomic E-state index is 12.4. The molecule has 1 atom stereocenters. The van der Waals surface area contributed by atoms with Crippen molar-refractivity contribution in [3.8, 4) is 0 Å². The lowest BCUT2D eigenvalue weighted by molar-refractivity contribution is 0.0808. The molecule has 0 spiro atoms. The second kappa shape index (κ2) is 5.76. The molecule has 0 radical (unpaired) electrons. The van der Waals surface area contributed by atoms with E-state index in [4.69, 9.17) is 0 Å². The van der Waals surface area contributed by atoms with Gasteiger partial charge >= 0.3 is 0 Å². The maximum absolute atomic E-state index is 12.4. The Morgan fingerprint density at radius 2 is 2.11 bits per heavy atom. The van der Waals surface area contributed by atoms with Crippen molar-refractivity contribution in [1.29, 1.82) is 0 Å². The van der Waals surface area contributed by atoms with Gasteiger partial charge in [0.2, 0.25) is 0 Å². The Bertz CT molecular complexity index is 533. The van der Waals surface area contributed by atoms with Crippen molar-refractivity contribution in [2.75, 3.05) is 0 Å². The largest absolute Gasteiger partial charge is 0.272 e. The number of benzene rings is 1. The average molecular weight is 245 g/mol. The van der Waals surface area contributed by atoms with Crippen LogP contribution in [0.5, 0.6) is 0 Å². The van der Waals surface area contributed by atoms with E-state index in [2.05, 4.69) is 24.2 Å². The summed E-state index contributed by atoms with van der Waals surface area (Å²) >= 11 is 0. The molecule has 1 aromatic carbocycles. The highest BCUT2D eigenvalue weighted by Crippen LogP contribution is 2.18. The zero-order chi connectivity index (χ0) is 13.0. The van der Waals surface area contributed by atoms with Gasteiger partial charge in [-0.25, -0.2) is 0 Å². The molecular weight excluding hydrogens is 226 g/mol. The normalized spacial score (nSPS) is 12.8. The molecule has 2 rings (SSSR count). The Balaban J connectivity index is 2.26. The minimum Gasteiger partial charge on any atom is -0.272 e. The van der Waals surface area contributed by atoms with Crippen LogP contribution in [0.1, 0.15) is 44.3 Å². The Labute approximate surface area is 107 Å².